The first-order chi connectivity index (χ1) is 9.17. The summed E-state index contributed by atoms with van der Waals surface area (Å²) in [5, 5.41) is 5.65. The smallest absolute Gasteiger partial charge is 0.134 e. The maximum atomic E-state index is 6.21. The van der Waals surface area contributed by atoms with E-state index in [-0.39, 0.29) is 6.04 Å². The van der Waals surface area contributed by atoms with Crippen molar-refractivity contribution in [1.29, 1.82) is 0 Å². The SMILES string of the molecule is CCCNC(c1cc(C)c(Cl)s1)c1sccc1OC. The van der Waals surface area contributed by atoms with Gasteiger partial charge in [0.2, 0.25) is 0 Å². The van der Waals surface area contributed by atoms with E-state index in [1.54, 1.807) is 29.8 Å². The molecule has 2 aromatic rings. The first-order valence-electron chi connectivity index (χ1n) is 6.28. The molecule has 2 rings (SSSR count). The second kappa shape index (κ2) is 6.75. The van der Waals surface area contributed by atoms with Gasteiger partial charge in [-0.25, -0.2) is 0 Å². The van der Waals surface area contributed by atoms with Crippen molar-refractivity contribution < 1.29 is 4.74 Å². The van der Waals surface area contributed by atoms with Crippen molar-refractivity contribution in [2.24, 2.45) is 0 Å². The summed E-state index contributed by atoms with van der Waals surface area (Å²) in [6.07, 6.45) is 1.10. The molecule has 0 aliphatic carbocycles. The van der Waals surface area contributed by atoms with Crippen LogP contribution in [0.1, 0.15) is 34.7 Å². The third kappa shape index (κ3) is 3.31. The van der Waals surface area contributed by atoms with Crippen LogP contribution < -0.4 is 10.1 Å². The third-order valence-corrected chi connectivity index (χ3v) is 5.48. The molecule has 2 aromatic heterocycles. The van der Waals surface area contributed by atoms with E-state index in [0.717, 1.165) is 28.6 Å². The van der Waals surface area contributed by atoms with E-state index in [2.05, 4.69) is 23.7 Å². The molecule has 0 saturated carbocycles. The Balaban J connectivity index is 2.35. The number of nitrogens with one attached hydrogen (secondary N) is 1. The highest BCUT2D eigenvalue weighted by Gasteiger charge is 2.21. The van der Waals surface area contributed by atoms with Gasteiger partial charge in [0.15, 0.2) is 0 Å². The highest BCUT2D eigenvalue weighted by Crippen LogP contribution is 2.39. The molecule has 0 amide bonds. The quantitative estimate of drug-likeness (QED) is 0.821. The van der Waals surface area contributed by atoms with Crippen LogP contribution in [-0.4, -0.2) is 13.7 Å². The minimum atomic E-state index is 0.172. The van der Waals surface area contributed by atoms with Crippen LogP contribution >= 0.6 is 34.3 Å². The predicted molar refractivity (Wildman–Crippen MR) is 85.1 cm³/mol. The van der Waals surface area contributed by atoms with Crippen molar-refractivity contribution in [2.45, 2.75) is 26.3 Å². The van der Waals surface area contributed by atoms with Crippen LogP contribution in [0.15, 0.2) is 17.5 Å². The van der Waals surface area contributed by atoms with E-state index in [0.29, 0.717) is 0 Å². The first kappa shape index (κ1) is 14.9. The van der Waals surface area contributed by atoms with Gasteiger partial charge in [-0.15, -0.1) is 22.7 Å². The van der Waals surface area contributed by atoms with Crippen molar-refractivity contribution in [1.82, 2.24) is 5.32 Å². The average Bonchev–Trinajstić information content (AvgIpc) is 2.98. The minimum Gasteiger partial charge on any atom is -0.496 e. The van der Waals surface area contributed by atoms with Gasteiger partial charge in [0.1, 0.15) is 5.75 Å². The summed E-state index contributed by atoms with van der Waals surface area (Å²) in [6, 6.07) is 4.36. The van der Waals surface area contributed by atoms with Crippen LogP contribution in [0.5, 0.6) is 5.75 Å². The Morgan fingerprint density at radius 1 is 1.47 bits per heavy atom. The van der Waals surface area contributed by atoms with Crippen LogP contribution in [0, 0.1) is 6.92 Å². The van der Waals surface area contributed by atoms with Gasteiger partial charge in [-0.05, 0) is 43.0 Å². The third-order valence-electron chi connectivity index (χ3n) is 2.90. The van der Waals surface area contributed by atoms with Crippen LogP contribution in [0.3, 0.4) is 0 Å². The highest BCUT2D eigenvalue weighted by atomic mass is 35.5. The molecule has 0 saturated heterocycles. The molecule has 0 aliphatic heterocycles. The van der Waals surface area contributed by atoms with E-state index in [4.69, 9.17) is 16.3 Å². The molecule has 0 spiro atoms. The molecule has 0 radical (unpaired) electrons. The molecule has 0 bridgehead atoms. The van der Waals surface area contributed by atoms with Gasteiger partial charge in [-0.1, -0.05) is 18.5 Å². The Morgan fingerprint density at radius 3 is 2.84 bits per heavy atom. The molecule has 0 aromatic carbocycles. The van der Waals surface area contributed by atoms with Crippen molar-refractivity contribution in [3.05, 3.63) is 37.2 Å². The van der Waals surface area contributed by atoms with Crippen LogP contribution in [0.25, 0.3) is 0 Å². The summed E-state index contributed by atoms with van der Waals surface area (Å²) < 4.78 is 6.32. The lowest BCUT2D eigenvalue weighted by molar-refractivity contribution is 0.407. The van der Waals surface area contributed by atoms with E-state index in [1.165, 1.54) is 9.75 Å². The maximum Gasteiger partial charge on any atom is 0.134 e. The highest BCUT2D eigenvalue weighted by molar-refractivity contribution is 7.16. The van der Waals surface area contributed by atoms with Crippen molar-refractivity contribution >= 4 is 34.3 Å². The first-order valence-corrected chi connectivity index (χ1v) is 8.35. The van der Waals surface area contributed by atoms with Gasteiger partial charge in [-0.2, -0.15) is 0 Å². The summed E-state index contributed by atoms with van der Waals surface area (Å²) in [5.74, 6) is 0.945. The molecule has 5 heteroatoms. The lowest BCUT2D eigenvalue weighted by Crippen LogP contribution is -2.21. The van der Waals surface area contributed by atoms with E-state index >= 15 is 0 Å². The summed E-state index contributed by atoms with van der Waals surface area (Å²) in [4.78, 5) is 2.46. The number of aryl methyl sites for hydroxylation is 1. The molecule has 1 N–H and O–H groups in total. The Labute approximate surface area is 127 Å². The fourth-order valence-electron chi connectivity index (χ4n) is 1.93. The fourth-order valence-corrected chi connectivity index (χ4v) is 4.26. The molecule has 0 fully saturated rings. The zero-order valence-electron chi connectivity index (χ0n) is 11.3. The molecule has 1 atom stereocenters. The van der Waals surface area contributed by atoms with Crippen LogP contribution in [0.2, 0.25) is 4.34 Å². The Bertz CT molecular complexity index is 516. The van der Waals surface area contributed by atoms with Crippen molar-refractivity contribution in [2.75, 3.05) is 13.7 Å². The predicted octanol–water partition coefficient (Wildman–Crippen LogP) is 4.87. The second-order valence-electron chi connectivity index (χ2n) is 4.35. The lowest BCUT2D eigenvalue weighted by atomic mass is 10.1. The van der Waals surface area contributed by atoms with E-state index in [1.807, 2.05) is 13.0 Å². The molecular formula is C14H18ClNOS2. The summed E-state index contributed by atoms with van der Waals surface area (Å²) in [5.41, 5.74) is 1.14. The van der Waals surface area contributed by atoms with Crippen molar-refractivity contribution in [3.8, 4) is 5.75 Å². The van der Waals surface area contributed by atoms with Gasteiger partial charge in [0.05, 0.1) is 22.4 Å². The van der Waals surface area contributed by atoms with Gasteiger partial charge >= 0.3 is 0 Å². The van der Waals surface area contributed by atoms with Crippen molar-refractivity contribution in [3.63, 3.8) is 0 Å². The van der Waals surface area contributed by atoms with E-state index in [9.17, 15) is 0 Å². The zero-order valence-corrected chi connectivity index (χ0v) is 13.7. The Morgan fingerprint density at radius 2 is 2.26 bits per heavy atom. The molecule has 19 heavy (non-hydrogen) atoms. The number of thiophene rings is 2. The molecule has 2 nitrogen and oxygen atoms in total. The van der Waals surface area contributed by atoms with E-state index < -0.39 is 0 Å². The molecular weight excluding hydrogens is 298 g/mol. The zero-order chi connectivity index (χ0) is 13.8. The Hall–Kier alpha value is -0.550. The average molecular weight is 316 g/mol. The maximum absolute atomic E-state index is 6.21. The number of hydrogen-bond acceptors (Lipinski definition) is 4. The van der Waals surface area contributed by atoms with Crippen LogP contribution in [-0.2, 0) is 0 Å². The summed E-state index contributed by atoms with van der Waals surface area (Å²) >= 11 is 9.57. The second-order valence-corrected chi connectivity index (χ2v) is 6.98. The topological polar surface area (TPSA) is 21.3 Å². The number of methoxy groups -OCH3 is 1. The molecule has 0 aliphatic rings. The summed E-state index contributed by atoms with van der Waals surface area (Å²) in [6.45, 7) is 5.19. The summed E-state index contributed by atoms with van der Waals surface area (Å²) in [7, 11) is 1.72. The Kier molecular flexibility index (Phi) is 5.28. The number of ether oxygens (including phenoxy) is 1. The number of rotatable bonds is 6. The molecule has 2 heterocycles. The monoisotopic (exact) mass is 315 g/mol. The normalized spacial score (nSPS) is 12.6. The number of hydrogen-bond donors (Lipinski definition) is 1. The number of halogens is 1. The largest absolute Gasteiger partial charge is 0.496 e. The molecule has 104 valence electrons. The lowest BCUT2D eigenvalue weighted by Gasteiger charge is -2.17. The fraction of sp³-hybridized carbons (Fsp3) is 0.429. The standard InChI is InChI=1S/C14H18ClNOS2/c1-4-6-16-12(11-8-9(2)14(15)19-11)13-10(17-3)5-7-18-13/h5,7-8,12,16H,4,6H2,1-3H3. The molecule has 1 unspecified atom stereocenters. The minimum absolute atomic E-state index is 0.172. The van der Waals surface area contributed by atoms with Gasteiger partial charge in [0.25, 0.3) is 0 Å². The van der Waals surface area contributed by atoms with Crippen LogP contribution in [0.4, 0.5) is 0 Å². The van der Waals surface area contributed by atoms with Gasteiger partial charge in [-0.3, -0.25) is 0 Å². The van der Waals surface area contributed by atoms with Gasteiger partial charge < -0.3 is 10.1 Å². The van der Waals surface area contributed by atoms with Gasteiger partial charge in [0, 0.05) is 4.88 Å².